The summed E-state index contributed by atoms with van der Waals surface area (Å²) in [6.45, 7) is 2.11. The molecule has 0 saturated heterocycles. The van der Waals surface area contributed by atoms with Crippen LogP contribution in [0, 0.1) is 18.3 Å². The minimum atomic E-state index is -3.77. The number of nitrogens with zero attached hydrogens (tertiary/aromatic N) is 3. The molecule has 0 saturated carbocycles. The molecule has 9 heteroatoms. The second-order valence-electron chi connectivity index (χ2n) is 6.78. The Bertz CT molecular complexity index is 1430. The Labute approximate surface area is 181 Å². The average Bonchev–Trinajstić information content (AvgIpc) is 3.37. The van der Waals surface area contributed by atoms with E-state index < -0.39 is 10.0 Å². The summed E-state index contributed by atoms with van der Waals surface area (Å²) >= 11 is 3.01. The molecule has 3 heterocycles. The molecule has 0 unspecified atom stereocenters. The molecule has 1 aliphatic rings. The summed E-state index contributed by atoms with van der Waals surface area (Å²) in [6.07, 6.45) is 0. The van der Waals surface area contributed by atoms with Gasteiger partial charge in [0, 0.05) is 24.1 Å². The molecule has 0 spiro atoms. The predicted molar refractivity (Wildman–Crippen MR) is 118 cm³/mol. The Morgan fingerprint density at radius 1 is 1.17 bits per heavy atom. The monoisotopic (exact) mass is 453 g/mol. The van der Waals surface area contributed by atoms with Crippen molar-refractivity contribution >= 4 is 49.9 Å². The van der Waals surface area contributed by atoms with Gasteiger partial charge in [-0.3, -0.25) is 4.31 Å². The van der Waals surface area contributed by atoms with Crippen LogP contribution in [0.3, 0.4) is 0 Å². The van der Waals surface area contributed by atoms with Gasteiger partial charge in [-0.05, 0) is 52.9 Å². The summed E-state index contributed by atoms with van der Waals surface area (Å²) in [5.74, 6) is 1.17. The molecule has 0 radical (unpaired) electrons. The van der Waals surface area contributed by atoms with E-state index in [4.69, 9.17) is 9.68 Å². The minimum absolute atomic E-state index is 0.189. The number of nitriles is 1. The maximum atomic E-state index is 13.5. The topological polar surface area (TPSA) is 87.2 Å². The van der Waals surface area contributed by atoms with Gasteiger partial charge in [0.1, 0.15) is 16.5 Å². The van der Waals surface area contributed by atoms with E-state index in [1.54, 1.807) is 36.9 Å². The van der Waals surface area contributed by atoms with Gasteiger partial charge in [-0.25, -0.2) is 13.4 Å². The lowest BCUT2D eigenvalue weighted by Crippen LogP contribution is -2.35. The lowest BCUT2D eigenvalue weighted by Gasteiger charge is -2.30. The number of oxazole rings is 1. The van der Waals surface area contributed by atoms with Gasteiger partial charge >= 0.3 is 0 Å². The highest BCUT2D eigenvalue weighted by Crippen LogP contribution is 2.41. The molecule has 6 nitrogen and oxygen atoms in total. The molecular weight excluding hydrogens is 438 g/mol. The van der Waals surface area contributed by atoms with Crippen LogP contribution >= 0.6 is 23.1 Å². The highest BCUT2D eigenvalue weighted by atomic mass is 32.2. The molecular formula is C21H15N3O3S3. The van der Waals surface area contributed by atoms with Gasteiger partial charge in [-0.15, -0.1) is 23.1 Å². The number of thiophene rings is 1. The summed E-state index contributed by atoms with van der Waals surface area (Å²) in [5.41, 5.74) is 3.54. The molecule has 0 fully saturated rings. The lowest BCUT2D eigenvalue weighted by molar-refractivity contribution is 0.561. The fourth-order valence-corrected chi connectivity index (χ4v) is 6.83. The van der Waals surface area contributed by atoms with Crippen molar-refractivity contribution in [2.75, 3.05) is 16.6 Å². The molecule has 0 amide bonds. The molecule has 30 heavy (non-hydrogen) atoms. The minimum Gasteiger partial charge on any atom is -0.441 e. The first kappa shape index (κ1) is 19.2. The molecule has 0 bridgehead atoms. The number of benzene rings is 2. The Morgan fingerprint density at radius 2 is 2.03 bits per heavy atom. The van der Waals surface area contributed by atoms with Gasteiger partial charge in [0.05, 0.1) is 10.6 Å². The van der Waals surface area contributed by atoms with Crippen LogP contribution < -0.4 is 4.31 Å². The Kier molecular flexibility index (Phi) is 4.58. The second kappa shape index (κ2) is 7.16. The van der Waals surface area contributed by atoms with Crippen LogP contribution in [-0.4, -0.2) is 25.7 Å². The number of anilines is 1. The van der Waals surface area contributed by atoms with Gasteiger partial charge in [-0.2, -0.15) is 5.26 Å². The lowest BCUT2D eigenvalue weighted by atomic mass is 10.1. The van der Waals surface area contributed by atoms with Gasteiger partial charge < -0.3 is 4.42 Å². The number of sulfonamides is 1. The molecule has 4 aromatic rings. The van der Waals surface area contributed by atoms with Crippen LogP contribution in [0.25, 0.3) is 22.2 Å². The smallest absolute Gasteiger partial charge is 0.264 e. The Hall–Kier alpha value is -2.80. The van der Waals surface area contributed by atoms with Crippen molar-refractivity contribution < 1.29 is 12.8 Å². The third-order valence-electron chi connectivity index (χ3n) is 4.88. The van der Waals surface area contributed by atoms with Gasteiger partial charge in [0.15, 0.2) is 11.5 Å². The van der Waals surface area contributed by atoms with Crippen molar-refractivity contribution in [2.24, 2.45) is 0 Å². The average molecular weight is 454 g/mol. The number of aromatic nitrogens is 1. The first-order chi connectivity index (χ1) is 14.5. The van der Waals surface area contributed by atoms with E-state index in [9.17, 15) is 8.42 Å². The maximum Gasteiger partial charge on any atom is 0.264 e. The number of aryl methyl sites for hydroxylation is 1. The summed E-state index contributed by atoms with van der Waals surface area (Å²) in [6, 6.07) is 14.5. The SMILES string of the molecule is Cc1nc2cc(S(=O)(=O)N3CCSc4ccc(-c5csc(C#N)c5)cc43)ccc2o1. The van der Waals surface area contributed by atoms with Crippen LogP contribution in [0.5, 0.6) is 0 Å². The molecule has 2 aromatic heterocycles. The fraction of sp³-hybridized carbons (Fsp3) is 0.143. The van der Waals surface area contributed by atoms with E-state index >= 15 is 0 Å². The van der Waals surface area contributed by atoms with Crippen LogP contribution in [0.2, 0.25) is 0 Å². The third-order valence-corrected chi connectivity index (χ3v) is 8.56. The first-order valence-electron chi connectivity index (χ1n) is 9.11. The van der Waals surface area contributed by atoms with E-state index in [2.05, 4.69) is 11.1 Å². The van der Waals surface area contributed by atoms with Crippen LogP contribution in [0.1, 0.15) is 10.8 Å². The van der Waals surface area contributed by atoms with Gasteiger partial charge in [0.25, 0.3) is 10.0 Å². The number of hydrogen-bond acceptors (Lipinski definition) is 7. The fourth-order valence-electron chi connectivity index (χ4n) is 3.48. The van der Waals surface area contributed by atoms with Crippen molar-refractivity contribution in [2.45, 2.75) is 16.7 Å². The largest absolute Gasteiger partial charge is 0.441 e. The number of fused-ring (bicyclic) bond motifs is 2. The van der Waals surface area contributed by atoms with Gasteiger partial charge in [0.2, 0.25) is 0 Å². The quantitative estimate of drug-likeness (QED) is 0.432. The number of thioether (sulfide) groups is 1. The molecule has 2 aromatic carbocycles. The van der Waals surface area contributed by atoms with Crippen LogP contribution in [-0.2, 0) is 10.0 Å². The van der Waals surface area contributed by atoms with E-state index in [1.165, 1.54) is 15.6 Å². The van der Waals surface area contributed by atoms with E-state index in [-0.39, 0.29) is 4.90 Å². The van der Waals surface area contributed by atoms with Gasteiger partial charge in [-0.1, -0.05) is 6.07 Å². The molecule has 150 valence electrons. The zero-order chi connectivity index (χ0) is 20.9. The standard InChI is InChI=1S/C21H15N3O3S3/c1-13-23-18-10-17(3-4-20(18)27-13)30(25,26)24-6-7-28-21-5-2-14(9-19(21)24)15-8-16(11-22)29-12-15/h2-5,8-10,12H,6-7H2,1H3. The Morgan fingerprint density at radius 3 is 2.83 bits per heavy atom. The summed E-state index contributed by atoms with van der Waals surface area (Å²) in [7, 11) is -3.77. The zero-order valence-corrected chi connectivity index (χ0v) is 18.3. The van der Waals surface area contributed by atoms with Crippen molar-refractivity contribution in [3.63, 3.8) is 0 Å². The normalized spacial score (nSPS) is 13.9. The van der Waals surface area contributed by atoms with E-state index in [1.807, 2.05) is 29.6 Å². The first-order valence-corrected chi connectivity index (χ1v) is 12.4. The van der Waals surface area contributed by atoms with Crippen molar-refractivity contribution in [1.82, 2.24) is 4.98 Å². The van der Waals surface area contributed by atoms with E-state index in [0.29, 0.717) is 39.9 Å². The summed E-state index contributed by atoms with van der Waals surface area (Å²) in [5, 5.41) is 11.0. The van der Waals surface area contributed by atoms with Crippen molar-refractivity contribution in [1.29, 1.82) is 5.26 Å². The zero-order valence-electron chi connectivity index (χ0n) is 15.8. The van der Waals surface area contributed by atoms with Crippen molar-refractivity contribution in [3.05, 3.63) is 58.6 Å². The Balaban J connectivity index is 1.60. The second-order valence-corrected chi connectivity index (χ2v) is 10.7. The summed E-state index contributed by atoms with van der Waals surface area (Å²) in [4.78, 5) is 5.99. The third kappa shape index (κ3) is 3.17. The number of rotatable bonds is 3. The van der Waals surface area contributed by atoms with Crippen molar-refractivity contribution in [3.8, 4) is 17.2 Å². The predicted octanol–water partition coefficient (Wildman–Crippen LogP) is 5.04. The molecule has 0 aliphatic carbocycles. The highest BCUT2D eigenvalue weighted by molar-refractivity contribution is 8.00. The molecule has 0 N–H and O–H groups in total. The molecule has 5 rings (SSSR count). The summed E-state index contributed by atoms with van der Waals surface area (Å²) < 4.78 is 34.0. The maximum absolute atomic E-state index is 13.5. The van der Waals surface area contributed by atoms with Crippen LogP contribution in [0.15, 0.2) is 62.1 Å². The molecule has 1 aliphatic heterocycles. The highest BCUT2D eigenvalue weighted by Gasteiger charge is 2.30. The number of hydrogen-bond donors (Lipinski definition) is 0. The van der Waals surface area contributed by atoms with Crippen LogP contribution in [0.4, 0.5) is 5.69 Å². The molecule has 0 atom stereocenters. The van der Waals surface area contributed by atoms with E-state index in [0.717, 1.165) is 16.0 Å².